The van der Waals surface area contributed by atoms with Crippen molar-refractivity contribution < 1.29 is 14.3 Å². The number of ketones is 1. The average molecular weight is 337 g/mol. The summed E-state index contributed by atoms with van der Waals surface area (Å²) in [6.45, 7) is 5.75. The van der Waals surface area contributed by atoms with Crippen LogP contribution in [0.3, 0.4) is 0 Å². The molecule has 0 atom stereocenters. The first-order valence-electron chi connectivity index (χ1n) is 8.41. The summed E-state index contributed by atoms with van der Waals surface area (Å²) in [5, 5.41) is 1.06. The van der Waals surface area contributed by atoms with E-state index in [9.17, 15) is 9.59 Å². The van der Waals surface area contributed by atoms with Gasteiger partial charge in [0.25, 0.3) is 0 Å². The van der Waals surface area contributed by atoms with E-state index in [1.54, 1.807) is 26.0 Å². The number of nitrogens with zero attached hydrogens (tertiary/aromatic N) is 1. The molecule has 0 fully saturated rings. The van der Waals surface area contributed by atoms with Crippen LogP contribution in [0.2, 0.25) is 0 Å². The monoisotopic (exact) mass is 337 g/mol. The molecule has 0 spiro atoms. The number of ether oxygens (including phenoxy) is 1. The minimum atomic E-state index is -0.365. The van der Waals surface area contributed by atoms with Crippen LogP contribution in [0.5, 0.6) is 0 Å². The summed E-state index contributed by atoms with van der Waals surface area (Å²) < 4.78 is 4.84. The number of allylic oxidation sites excluding steroid dienone is 2. The third-order valence-corrected chi connectivity index (χ3v) is 3.70. The Morgan fingerprint density at radius 3 is 2.72 bits per heavy atom. The second-order valence-electron chi connectivity index (χ2n) is 5.89. The van der Waals surface area contributed by atoms with Gasteiger partial charge in [0.1, 0.15) is 5.78 Å². The number of fused-ring (bicyclic) bond motifs is 1. The van der Waals surface area contributed by atoms with Gasteiger partial charge in [0, 0.05) is 23.6 Å². The van der Waals surface area contributed by atoms with Crippen molar-refractivity contribution in [1.29, 1.82) is 0 Å². The van der Waals surface area contributed by atoms with Crippen LogP contribution in [0.1, 0.15) is 37.1 Å². The molecule has 1 heterocycles. The van der Waals surface area contributed by atoms with Gasteiger partial charge in [-0.15, -0.1) is 0 Å². The quantitative estimate of drug-likeness (QED) is 0.432. The maximum Gasteiger partial charge on any atom is 0.330 e. The van der Waals surface area contributed by atoms with Crippen molar-refractivity contribution in [2.45, 2.75) is 33.6 Å². The van der Waals surface area contributed by atoms with Gasteiger partial charge < -0.3 is 9.53 Å². The van der Waals surface area contributed by atoms with E-state index in [2.05, 4.69) is 12.1 Å². The molecule has 0 aliphatic heterocycles. The Hall–Kier alpha value is -2.75. The molecule has 25 heavy (non-hydrogen) atoms. The zero-order chi connectivity index (χ0) is 18.2. The van der Waals surface area contributed by atoms with Gasteiger partial charge in [-0.25, -0.2) is 4.79 Å². The molecule has 0 amide bonds. The predicted octanol–water partition coefficient (Wildman–Crippen LogP) is 4.20. The van der Waals surface area contributed by atoms with Crippen molar-refractivity contribution in [2.24, 2.45) is 0 Å². The van der Waals surface area contributed by atoms with Gasteiger partial charge in [-0.05, 0) is 51.0 Å². The van der Waals surface area contributed by atoms with E-state index in [-0.39, 0.29) is 11.8 Å². The lowest BCUT2D eigenvalue weighted by molar-refractivity contribution is -0.137. The molecule has 130 valence electrons. The number of esters is 1. The fourth-order valence-corrected chi connectivity index (χ4v) is 2.47. The van der Waals surface area contributed by atoms with Gasteiger partial charge in [-0.3, -0.25) is 4.98 Å². The number of rotatable bonds is 7. The second kappa shape index (κ2) is 8.92. The lowest BCUT2D eigenvalue weighted by Crippen LogP contribution is -2.00. The second-order valence-corrected chi connectivity index (χ2v) is 5.89. The number of carbonyl (C=O) groups excluding carboxylic acids is 2. The average Bonchev–Trinajstić information content (AvgIpc) is 2.56. The summed E-state index contributed by atoms with van der Waals surface area (Å²) in [7, 11) is 0. The van der Waals surface area contributed by atoms with Crippen LogP contribution >= 0.6 is 0 Å². The molecule has 0 unspecified atom stereocenters. The van der Waals surface area contributed by atoms with Gasteiger partial charge in [-0.2, -0.15) is 0 Å². The van der Waals surface area contributed by atoms with E-state index < -0.39 is 0 Å². The standard InChI is InChI=1S/C21H23NO3/c1-4-25-21(24)8-6-5-7-17-14-18-13-15(2)9-11-20(18)22-19(17)12-10-16(3)23/h5-9,11,13-14H,4,10,12H2,1-3H3/b7-5+,8-6+. The molecular weight excluding hydrogens is 314 g/mol. The molecule has 0 saturated heterocycles. The van der Waals surface area contributed by atoms with Crippen molar-refractivity contribution in [2.75, 3.05) is 6.61 Å². The Morgan fingerprint density at radius 1 is 1.20 bits per heavy atom. The molecule has 1 aromatic carbocycles. The largest absolute Gasteiger partial charge is 0.463 e. The molecule has 0 N–H and O–H groups in total. The maximum absolute atomic E-state index is 11.3. The van der Waals surface area contributed by atoms with Crippen LogP contribution in [0.25, 0.3) is 17.0 Å². The smallest absolute Gasteiger partial charge is 0.330 e. The van der Waals surface area contributed by atoms with Crippen molar-refractivity contribution in [3.8, 4) is 0 Å². The molecule has 4 nitrogen and oxygen atoms in total. The zero-order valence-electron chi connectivity index (χ0n) is 14.9. The van der Waals surface area contributed by atoms with E-state index in [0.717, 1.165) is 22.2 Å². The Bertz CT molecular complexity index is 834. The highest BCUT2D eigenvalue weighted by Crippen LogP contribution is 2.20. The number of Topliss-reactive ketones (excluding diaryl/α,β-unsaturated/α-hetero) is 1. The third kappa shape index (κ3) is 5.68. The number of carbonyl (C=O) groups is 2. The lowest BCUT2D eigenvalue weighted by Gasteiger charge is -2.08. The normalized spacial score (nSPS) is 11.5. The number of aryl methyl sites for hydroxylation is 2. The molecule has 2 aromatic rings. The molecule has 4 heteroatoms. The Kier molecular flexibility index (Phi) is 6.63. The predicted molar refractivity (Wildman–Crippen MR) is 100 cm³/mol. The fraction of sp³-hybridized carbons (Fsp3) is 0.286. The molecule has 2 rings (SSSR count). The van der Waals surface area contributed by atoms with Crippen molar-refractivity contribution >= 4 is 28.7 Å². The summed E-state index contributed by atoms with van der Waals surface area (Å²) in [6, 6.07) is 8.18. The lowest BCUT2D eigenvalue weighted by atomic mass is 10.0. The molecular formula is C21H23NO3. The number of aromatic nitrogens is 1. The van der Waals surface area contributed by atoms with Crippen LogP contribution < -0.4 is 0 Å². The minimum Gasteiger partial charge on any atom is -0.463 e. The SMILES string of the molecule is CCOC(=O)/C=C/C=C/c1cc2cc(C)ccc2nc1CCC(C)=O. The first kappa shape index (κ1) is 18.6. The number of benzene rings is 1. The van der Waals surface area contributed by atoms with Gasteiger partial charge in [0.15, 0.2) is 0 Å². The summed E-state index contributed by atoms with van der Waals surface area (Å²) in [6.07, 6.45) is 7.78. The van der Waals surface area contributed by atoms with E-state index in [1.807, 2.05) is 25.1 Å². The fourth-order valence-electron chi connectivity index (χ4n) is 2.47. The highest BCUT2D eigenvalue weighted by atomic mass is 16.5. The molecule has 0 aliphatic rings. The van der Waals surface area contributed by atoms with Crippen LogP contribution in [-0.4, -0.2) is 23.3 Å². The molecule has 0 bridgehead atoms. The topological polar surface area (TPSA) is 56.3 Å². The Balaban J connectivity index is 2.31. The summed E-state index contributed by atoms with van der Waals surface area (Å²) in [4.78, 5) is 27.4. The van der Waals surface area contributed by atoms with Crippen molar-refractivity contribution in [1.82, 2.24) is 4.98 Å². The molecule has 0 saturated carbocycles. The molecule has 0 radical (unpaired) electrons. The Labute approximate surface area is 148 Å². The van der Waals surface area contributed by atoms with E-state index in [0.29, 0.717) is 19.4 Å². The van der Waals surface area contributed by atoms with Crippen LogP contribution in [0.15, 0.2) is 42.5 Å². The van der Waals surface area contributed by atoms with Gasteiger partial charge >= 0.3 is 5.97 Å². The van der Waals surface area contributed by atoms with E-state index in [4.69, 9.17) is 9.72 Å². The van der Waals surface area contributed by atoms with Crippen LogP contribution in [0, 0.1) is 6.92 Å². The number of hydrogen-bond acceptors (Lipinski definition) is 4. The van der Waals surface area contributed by atoms with E-state index in [1.165, 1.54) is 11.6 Å². The zero-order valence-corrected chi connectivity index (χ0v) is 14.9. The summed E-state index contributed by atoms with van der Waals surface area (Å²) in [5.74, 6) is -0.223. The maximum atomic E-state index is 11.3. The summed E-state index contributed by atoms with van der Waals surface area (Å²) >= 11 is 0. The Morgan fingerprint density at radius 2 is 2.00 bits per heavy atom. The summed E-state index contributed by atoms with van der Waals surface area (Å²) in [5.41, 5.74) is 3.92. The van der Waals surface area contributed by atoms with E-state index >= 15 is 0 Å². The third-order valence-electron chi connectivity index (χ3n) is 3.70. The van der Waals surface area contributed by atoms with Crippen LogP contribution in [0.4, 0.5) is 0 Å². The highest BCUT2D eigenvalue weighted by Gasteiger charge is 2.06. The van der Waals surface area contributed by atoms with Crippen molar-refractivity contribution in [3.05, 3.63) is 59.3 Å². The van der Waals surface area contributed by atoms with Crippen LogP contribution in [-0.2, 0) is 20.7 Å². The first-order valence-corrected chi connectivity index (χ1v) is 8.41. The molecule has 1 aromatic heterocycles. The van der Waals surface area contributed by atoms with Gasteiger partial charge in [0.2, 0.25) is 0 Å². The molecule has 0 aliphatic carbocycles. The van der Waals surface area contributed by atoms with Gasteiger partial charge in [0.05, 0.1) is 12.1 Å². The highest BCUT2D eigenvalue weighted by molar-refractivity contribution is 5.84. The first-order chi connectivity index (χ1) is 12.0. The number of pyridine rings is 1. The minimum absolute atomic E-state index is 0.142. The van der Waals surface area contributed by atoms with Crippen molar-refractivity contribution in [3.63, 3.8) is 0 Å². The van der Waals surface area contributed by atoms with Gasteiger partial charge in [-0.1, -0.05) is 29.9 Å². The number of hydrogen-bond donors (Lipinski definition) is 0.